The van der Waals surface area contributed by atoms with E-state index in [-0.39, 0.29) is 22.9 Å². The van der Waals surface area contributed by atoms with Crippen molar-refractivity contribution >= 4 is 46.1 Å². The molecule has 2 heterocycles. The van der Waals surface area contributed by atoms with E-state index in [9.17, 15) is 14.7 Å². The maximum Gasteiger partial charge on any atom is 0.347 e. The smallest absolute Gasteiger partial charge is 0.347 e. The van der Waals surface area contributed by atoms with Gasteiger partial charge >= 0.3 is 5.97 Å². The van der Waals surface area contributed by atoms with Crippen LogP contribution in [0.3, 0.4) is 0 Å². The molecule has 7 nitrogen and oxygen atoms in total. The number of thiazole rings is 1. The topological polar surface area (TPSA) is 104 Å². The maximum absolute atomic E-state index is 12.9. The van der Waals surface area contributed by atoms with Gasteiger partial charge in [0.05, 0.1) is 5.69 Å². The molecule has 1 aromatic rings. The Kier molecular flexibility index (Phi) is 8.25. The molecule has 2 atom stereocenters. The highest BCUT2D eigenvalue weighted by molar-refractivity contribution is 7.14. The van der Waals surface area contributed by atoms with Crippen LogP contribution >= 0.6 is 22.9 Å². The Morgan fingerprint density at radius 2 is 2.00 bits per heavy atom. The van der Waals surface area contributed by atoms with Crippen molar-refractivity contribution < 1.29 is 14.7 Å². The second kappa shape index (κ2) is 10.7. The molecule has 0 aromatic carbocycles. The summed E-state index contributed by atoms with van der Waals surface area (Å²) in [5, 5.41) is 17.4. The number of rotatable bonds is 9. The molecule has 174 valence electrons. The molecule has 0 bridgehead atoms. The number of halogens is 1. The molecular weight excluding hydrogens is 448 g/mol. The lowest BCUT2D eigenvalue weighted by molar-refractivity contribution is -0.115. The second-order valence-electron chi connectivity index (χ2n) is 8.26. The molecule has 0 radical (unpaired) electrons. The zero-order valence-electron chi connectivity index (χ0n) is 19.0. The first-order valence-electron chi connectivity index (χ1n) is 11.2. The van der Waals surface area contributed by atoms with E-state index >= 15 is 0 Å². The summed E-state index contributed by atoms with van der Waals surface area (Å²) in [6, 6.07) is 0.245. The van der Waals surface area contributed by atoms with Crippen molar-refractivity contribution in [3.63, 3.8) is 0 Å². The predicted molar refractivity (Wildman–Crippen MR) is 129 cm³/mol. The number of carbonyl (C=O) groups excluding carboxylic acids is 1. The van der Waals surface area contributed by atoms with E-state index < -0.39 is 5.97 Å². The van der Waals surface area contributed by atoms with Gasteiger partial charge in [-0.1, -0.05) is 38.4 Å². The lowest BCUT2D eigenvalue weighted by atomic mass is 9.89. The molecule has 0 saturated heterocycles. The standard InChI is InChI=1S/C23H31ClN4O3S/c1-5-13-10-18(27-20(13)24)21(29)28-16-9-8-14(11-17(16)26-15(6-2)7-3)22-25-12(4)19(32-22)23(30)31/h8,15-17,26H,5-7,9-11H2,1-4H3,(H,28,29)(H,30,31)/t16-,17+/m1/s1. The van der Waals surface area contributed by atoms with Crippen molar-refractivity contribution in [2.75, 3.05) is 0 Å². The molecule has 0 fully saturated rings. The van der Waals surface area contributed by atoms with Crippen molar-refractivity contribution in [2.24, 2.45) is 4.99 Å². The number of aromatic carboxylic acids is 1. The van der Waals surface area contributed by atoms with Crippen LogP contribution in [-0.4, -0.2) is 45.8 Å². The van der Waals surface area contributed by atoms with Crippen LogP contribution in [0.5, 0.6) is 0 Å². The Hall–Kier alpha value is -2.03. The number of carboxylic acid groups (broad SMARTS) is 1. The summed E-state index contributed by atoms with van der Waals surface area (Å²) < 4.78 is 0. The first-order chi connectivity index (χ1) is 15.3. The summed E-state index contributed by atoms with van der Waals surface area (Å²) in [7, 11) is 0. The number of aromatic nitrogens is 1. The number of nitrogens with one attached hydrogen (secondary N) is 2. The third-order valence-corrected chi connectivity index (χ3v) is 7.73. The third-order valence-electron chi connectivity index (χ3n) is 6.16. The number of hydrogen-bond acceptors (Lipinski definition) is 6. The molecule has 0 saturated carbocycles. The number of allylic oxidation sites excluding steroid dienone is 1. The number of hydrogen-bond donors (Lipinski definition) is 3. The molecule has 3 rings (SSSR count). The summed E-state index contributed by atoms with van der Waals surface area (Å²) in [4.78, 5) is 33.4. The van der Waals surface area contributed by atoms with E-state index in [4.69, 9.17) is 11.6 Å². The predicted octanol–water partition coefficient (Wildman–Crippen LogP) is 4.66. The number of carbonyl (C=O) groups is 2. The highest BCUT2D eigenvalue weighted by atomic mass is 35.5. The fraction of sp³-hybridized carbons (Fsp3) is 0.565. The van der Waals surface area contributed by atoms with Gasteiger partial charge in [0, 0.05) is 24.5 Å². The molecule has 0 unspecified atom stereocenters. The normalized spacial score (nSPS) is 21.1. The Labute approximate surface area is 198 Å². The van der Waals surface area contributed by atoms with Gasteiger partial charge in [-0.2, -0.15) is 0 Å². The molecular formula is C23H31ClN4O3S. The molecule has 1 amide bonds. The summed E-state index contributed by atoms with van der Waals surface area (Å²) in [5.41, 5.74) is 3.01. The lowest BCUT2D eigenvalue weighted by Crippen LogP contribution is -2.54. The highest BCUT2D eigenvalue weighted by Crippen LogP contribution is 2.32. The van der Waals surface area contributed by atoms with Crippen LogP contribution in [0.15, 0.2) is 21.8 Å². The minimum absolute atomic E-state index is 0.0115. The first kappa shape index (κ1) is 24.6. The molecule has 1 aliphatic heterocycles. The SMILES string of the molecule is CCC1=C(Cl)N=C(C(=O)N[C@@H]2CC=C(c3nc(C)c(C(=O)O)s3)C[C@@H]2NC(CC)CC)C1. The van der Waals surface area contributed by atoms with Crippen molar-refractivity contribution in [3.05, 3.63) is 32.4 Å². The van der Waals surface area contributed by atoms with E-state index in [1.54, 1.807) is 6.92 Å². The molecule has 9 heteroatoms. The van der Waals surface area contributed by atoms with Gasteiger partial charge < -0.3 is 15.7 Å². The van der Waals surface area contributed by atoms with Crippen molar-refractivity contribution in [1.82, 2.24) is 15.6 Å². The van der Waals surface area contributed by atoms with Crippen LogP contribution in [0.2, 0.25) is 0 Å². The molecule has 2 aliphatic rings. The van der Waals surface area contributed by atoms with Crippen LogP contribution in [0.4, 0.5) is 0 Å². The monoisotopic (exact) mass is 478 g/mol. The fourth-order valence-corrected chi connectivity index (χ4v) is 5.39. The number of carboxylic acids is 1. The number of aliphatic imine (C=N–C) groups is 1. The molecule has 3 N–H and O–H groups in total. The Balaban J connectivity index is 1.79. The quantitative estimate of drug-likeness (QED) is 0.447. The van der Waals surface area contributed by atoms with E-state index in [0.717, 1.165) is 35.4 Å². The minimum Gasteiger partial charge on any atom is -0.477 e. The number of amides is 1. The van der Waals surface area contributed by atoms with Gasteiger partial charge in [-0.15, -0.1) is 11.3 Å². The molecule has 32 heavy (non-hydrogen) atoms. The Morgan fingerprint density at radius 3 is 2.56 bits per heavy atom. The average Bonchev–Trinajstić information content (AvgIpc) is 3.35. The fourth-order valence-electron chi connectivity index (χ4n) is 4.13. The highest BCUT2D eigenvalue weighted by Gasteiger charge is 2.32. The Morgan fingerprint density at radius 1 is 1.28 bits per heavy atom. The van der Waals surface area contributed by atoms with E-state index in [0.29, 0.717) is 41.9 Å². The zero-order valence-corrected chi connectivity index (χ0v) is 20.6. The van der Waals surface area contributed by atoms with Gasteiger partial charge in [0.15, 0.2) is 0 Å². The van der Waals surface area contributed by atoms with Crippen LogP contribution in [0, 0.1) is 6.92 Å². The van der Waals surface area contributed by atoms with E-state index in [2.05, 4.69) is 40.5 Å². The first-order valence-corrected chi connectivity index (χ1v) is 12.4. The number of nitrogens with zero attached hydrogens (tertiary/aromatic N) is 2. The molecule has 1 aliphatic carbocycles. The zero-order chi connectivity index (χ0) is 23.4. The molecule has 1 aromatic heterocycles. The van der Waals surface area contributed by atoms with Gasteiger partial charge in [0.25, 0.3) is 5.91 Å². The summed E-state index contributed by atoms with van der Waals surface area (Å²) in [6.07, 6.45) is 6.61. The Bertz CT molecular complexity index is 978. The van der Waals surface area contributed by atoms with Crippen molar-refractivity contribution in [1.29, 1.82) is 0 Å². The van der Waals surface area contributed by atoms with Crippen molar-refractivity contribution in [3.8, 4) is 0 Å². The van der Waals surface area contributed by atoms with E-state index in [1.807, 2.05) is 6.92 Å². The molecule has 0 spiro atoms. The lowest BCUT2D eigenvalue weighted by Gasteiger charge is -2.35. The minimum atomic E-state index is -0.949. The number of aryl methyl sites for hydroxylation is 1. The van der Waals surface area contributed by atoms with Crippen LogP contribution < -0.4 is 10.6 Å². The van der Waals surface area contributed by atoms with Gasteiger partial charge in [-0.25, -0.2) is 14.8 Å². The van der Waals surface area contributed by atoms with Crippen LogP contribution in [0.25, 0.3) is 5.57 Å². The largest absolute Gasteiger partial charge is 0.477 e. The van der Waals surface area contributed by atoms with Gasteiger partial charge in [0.2, 0.25) is 0 Å². The summed E-state index contributed by atoms with van der Waals surface area (Å²) in [5.74, 6) is -1.13. The van der Waals surface area contributed by atoms with Gasteiger partial charge in [0.1, 0.15) is 20.8 Å². The maximum atomic E-state index is 12.9. The van der Waals surface area contributed by atoms with Crippen LogP contribution in [-0.2, 0) is 4.79 Å². The second-order valence-corrected chi connectivity index (χ2v) is 9.61. The average molecular weight is 479 g/mol. The third kappa shape index (κ3) is 5.47. The summed E-state index contributed by atoms with van der Waals surface area (Å²) in [6.45, 7) is 8.02. The van der Waals surface area contributed by atoms with Gasteiger partial charge in [-0.05, 0) is 50.2 Å². The van der Waals surface area contributed by atoms with Crippen molar-refractivity contribution in [2.45, 2.75) is 84.3 Å². The summed E-state index contributed by atoms with van der Waals surface area (Å²) >= 11 is 7.37. The van der Waals surface area contributed by atoms with E-state index in [1.165, 1.54) is 11.3 Å². The van der Waals surface area contributed by atoms with Crippen LogP contribution in [0.1, 0.15) is 79.7 Å². The van der Waals surface area contributed by atoms with Gasteiger partial charge in [-0.3, -0.25) is 4.79 Å².